The Hall–Kier alpha value is -2.99. The maximum absolute atomic E-state index is 12.3. The number of nitrogens with one attached hydrogen (secondary N) is 1. The molecule has 214 valence electrons. The molecule has 2 N–H and O–H groups in total. The summed E-state index contributed by atoms with van der Waals surface area (Å²) in [5.74, 6) is 0.216. The van der Waals surface area contributed by atoms with E-state index in [2.05, 4.69) is 73.0 Å². The van der Waals surface area contributed by atoms with E-state index in [1.54, 1.807) is 30.0 Å². The molecule has 1 aromatic carbocycles. The lowest BCUT2D eigenvalue weighted by Gasteiger charge is -2.14. The zero-order valence-electron chi connectivity index (χ0n) is 23.7. The van der Waals surface area contributed by atoms with Gasteiger partial charge in [-0.2, -0.15) is 0 Å². The second-order valence-electron chi connectivity index (χ2n) is 8.91. The van der Waals surface area contributed by atoms with E-state index < -0.39 is 5.91 Å². The Morgan fingerprint density at radius 1 is 0.872 bits per heavy atom. The summed E-state index contributed by atoms with van der Waals surface area (Å²) >= 11 is 1.64. The molecule has 1 amide bonds. The molecule has 1 rings (SSSR count). The number of benzene rings is 1. The molecule has 0 saturated carbocycles. The Morgan fingerprint density at radius 2 is 1.46 bits per heavy atom. The Morgan fingerprint density at radius 3 is 2.05 bits per heavy atom. The first kappa shape index (κ1) is 34.0. The number of rotatable bonds is 21. The number of aromatic hydroxyl groups is 1. The third-order valence-corrected chi connectivity index (χ3v) is 7.11. The number of carbonyl (C=O) groups excluding carboxylic acids is 2. The summed E-state index contributed by atoms with van der Waals surface area (Å²) in [6.07, 6.45) is 31.1. The largest absolute Gasteiger partial charge is 0.507 e. The molecule has 0 aliphatic rings. The van der Waals surface area contributed by atoms with Crippen LogP contribution in [0, 0.1) is 0 Å². The van der Waals surface area contributed by atoms with Crippen molar-refractivity contribution >= 4 is 23.6 Å². The quantitative estimate of drug-likeness (QED) is 0.0914. The molecule has 6 heteroatoms. The lowest BCUT2D eigenvalue weighted by atomic mass is 10.2. The molecule has 0 heterocycles. The van der Waals surface area contributed by atoms with Gasteiger partial charge in [-0.15, -0.1) is 11.8 Å². The van der Waals surface area contributed by atoms with Crippen molar-refractivity contribution in [1.29, 1.82) is 0 Å². The SMILES string of the molecule is CCC=CCC=CCC=CCC=CCC=CCCCCSC(CC)C(=O)OCCNC(=O)c1ccccc1O. The third-order valence-electron chi connectivity index (χ3n) is 5.66. The standard InChI is InChI=1S/C33H47NO4S/c1-3-5-6-7-8-9-10-11-12-13-14-15-16-17-18-19-20-23-28-39-31(4-2)33(37)38-27-26-34-32(36)29-24-21-22-25-30(29)35/h5-6,8-9,11-12,14-15,17-18,21-22,24-25,31,35H,3-4,7,10,13,16,19-20,23,26-28H2,1-2H3,(H,34,36). The summed E-state index contributed by atoms with van der Waals surface area (Å²) < 4.78 is 5.34. The van der Waals surface area contributed by atoms with Gasteiger partial charge < -0.3 is 15.2 Å². The van der Waals surface area contributed by atoms with Crippen LogP contribution in [0.15, 0.2) is 85.0 Å². The van der Waals surface area contributed by atoms with Gasteiger partial charge in [0, 0.05) is 0 Å². The molecular weight excluding hydrogens is 506 g/mol. The molecular formula is C33H47NO4S. The Balaban J connectivity index is 2.05. The van der Waals surface area contributed by atoms with Crippen molar-refractivity contribution in [3.63, 3.8) is 0 Å². The van der Waals surface area contributed by atoms with Crippen LogP contribution in [-0.2, 0) is 9.53 Å². The van der Waals surface area contributed by atoms with Gasteiger partial charge in [-0.3, -0.25) is 9.59 Å². The van der Waals surface area contributed by atoms with Crippen molar-refractivity contribution in [2.24, 2.45) is 0 Å². The van der Waals surface area contributed by atoms with Gasteiger partial charge in [0.25, 0.3) is 5.91 Å². The highest BCUT2D eigenvalue weighted by Crippen LogP contribution is 2.19. The molecule has 0 fully saturated rings. The fourth-order valence-corrected chi connectivity index (χ4v) is 4.58. The van der Waals surface area contributed by atoms with E-state index in [-0.39, 0.29) is 35.7 Å². The van der Waals surface area contributed by atoms with E-state index in [0.29, 0.717) is 6.42 Å². The zero-order chi connectivity index (χ0) is 28.4. The van der Waals surface area contributed by atoms with Gasteiger partial charge in [-0.1, -0.05) is 86.7 Å². The second-order valence-corrected chi connectivity index (χ2v) is 10.2. The van der Waals surface area contributed by atoms with Crippen LogP contribution < -0.4 is 5.32 Å². The van der Waals surface area contributed by atoms with Gasteiger partial charge >= 0.3 is 5.97 Å². The summed E-state index contributed by atoms with van der Waals surface area (Å²) in [7, 11) is 0. The van der Waals surface area contributed by atoms with Crippen molar-refractivity contribution in [1.82, 2.24) is 5.32 Å². The maximum Gasteiger partial charge on any atom is 0.319 e. The minimum Gasteiger partial charge on any atom is -0.507 e. The van der Waals surface area contributed by atoms with Gasteiger partial charge in [-0.05, 0) is 75.7 Å². The minimum absolute atomic E-state index is 0.0733. The number of carbonyl (C=O) groups is 2. The first-order chi connectivity index (χ1) is 19.1. The summed E-state index contributed by atoms with van der Waals surface area (Å²) in [5, 5.41) is 12.2. The number of phenolic OH excluding ortho intramolecular Hbond substituents is 1. The lowest BCUT2D eigenvalue weighted by Crippen LogP contribution is -2.29. The van der Waals surface area contributed by atoms with Gasteiger partial charge in [-0.25, -0.2) is 0 Å². The van der Waals surface area contributed by atoms with E-state index in [1.165, 1.54) is 6.07 Å². The van der Waals surface area contributed by atoms with Gasteiger partial charge in [0.1, 0.15) is 17.6 Å². The van der Waals surface area contributed by atoms with E-state index in [9.17, 15) is 14.7 Å². The highest BCUT2D eigenvalue weighted by Gasteiger charge is 2.18. The number of hydrogen-bond donors (Lipinski definition) is 2. The van der Waals surface area contributed by atoms with Crippen LogP contribution in [0.5, 0.6) is 5.75 Å². The van der Waals surface area contributed by atoms with Crippen LogP contribution in [0.2, 0.25) is 0 Å². The smallest absolute Gasteiger partial charge is 0.319 e. The minimum atomic E-state index is -0.391. The predicted molar refractivity (Wildman–Crippen MR) is 166 cm³/mol. The molecule has 0 radical (unpaired) electrons. The molecule has 0 spiro atoms. The molecule has 0 bridgehead atoms. The lowest BCUT2D eigenvalue weighted by molar-refractivity contribution is -0.142. The maximum atomic E-state index is 12.3. The monoisotopic (exact) mass is 553 g/mol. The van der Waals surface area contributed by atoms with Crippen LogP contribution >= 0.6 is 11.8 Å². The first-order valence-corrected chi connectivity index (χ1v) is 15.2. The summed E-state index contributed by atoms with van der Waals surface area (Å²) in [6.45, 7) is 4.44. The highest BCUT2D eigenvalue weighted by molar-refractivity contribution is 8.00. The van der Waals surface area contributed by atoms with E-state index in [4.69, 9.17) is 4.74 Å². The molecule has 1 aromatic rings. The van der Waals surface area contributed by atoms with Crippen molar-refractivity contribution in [2.45, 2.75) is 76.9 Å². The molecule has 0 aromatic heterocycles. The Bertz CT molecular complexity index is 949. The number of hydrogen-bond acceptors (Lipinski definition) is 5. The summed E-state index contributed by atoms with van der Waals surface area (Å²) in [5.41, 5.74) is 0.204. The van der Waals surface area contributed by atoms with E-state index in [0.717, 1.165) is 57.1 Å². The number of allylic oxidation sites excluding steroid dienone is 10. The number of para-hydroxylation sites is 1. The summed E-state index contributed by atoms with van der Waals surface area (Å²) in [4.78, 5) is 24.4. The van der Waals surface area contributed by atoms with E-state index >= 15 is 0 Å². The van der Waals surface area contributed by atoms with Crippen molar-refractivity contribution < 1.29 is 19.4 Å². The van der Waals surface area contributed by atoms with Crippen molar-refractivity contribution in [3.05, 3.63) is 90.6 Å². The van der Waals surface area contributed by atoms with Gasteiger partial charge in [0.2, 0.25) is 0 Å². The van der Waals surface area contributed by atoms with E-state index in [1.807, 2.05) is 6.92 Å². The van der Waals surface area contributed by atoms with Crippen molar-refractivity contribution in [3.8, 4) is 5.75 Å². The highest BCUT2D eigenvalue weighted by atomic mass is 32.2. The van der Waals surface area contributed by atoms with Gasteiger partial charge in [0.15, 0.2) is 0 Å². The van der Waals surface area contributed by atoms with Gasteiger partial charge in [0.05, 0.1) is 12.1 Å². The Kier molecular flexibility index (Phi) is 21.0. The molecule has 0 aliphatic heterocycles. The normalized spacial score (nSPS) is 12.9. The van der Waals surface area contributed by atoms with Crippen molar-refractivity contribution in [2.75, 3.05) is 18.9 Å². The average molecular weight is 554 g/mol. The zero-order valence-corrected chi connectivity index (χ0v) is 24.5. The Labute approximate surface area is 240 Å². The summed E-state index contributed by atoms with van der Waals surface area (Å²) in [6, 6.07) is 6.34. The number of amides is 1. The molecule has 5 nitrogen and oxygen atoms in total. The molecule has 39 heavy (non-hydrogen) atoms. The number of esters is 1. The number of phenols is 1. The number of unbranched alkanes of at least 4 members (excludes halogenated alkanes) is 2. The molecule has 0 saturated heterocycles. The van der Waals surface area contributed by atoms with Crippen LogP contribution in [-0.4, -0.2) is 41.1 Å². The first-order valence-electron chi connectivity index (χ1n) is 14.2. The number of ether oxygens (including phenoxy) is 1. The van der Waals surface area contributed by atoms with Crippen LogP contribution in [0.3, 0.4) is 0 Å². The average Bonchev–Trinajstić information content (AvgIpc) is 2.94. The third kappa shape index (κ3) is 18.0. The number of thioether (sulfide) groups is 1. The fraction of sp³-hybridized carbons (Fsp3) is 0.455. The predicted octanol–water partition coefficient (Wildman–Crippen LogP) is 8.10. The fourth-order valence-electron chi connectivity index (χ4n) is 3.48. The molecule has 1 unspecified atom stereocenters. The second kappa shape index (κ2) is 24.1. The molecule has 0 aliphatic carbocycles. The molecule has 1 atom stereocenters. The van der Waals surface area contributed by atoms with Crippen LogP contribution in [0.4, 0.5) is 0 Å². The van der Waals surface area contributed by atoms with Crippen LogP contribution in [0.1, 0.15) is 82.0 Å². The topological polar surface area (TPSA) is 75.6 Å². The van der Waals surface area contributed by atoms with Crippen LogP contribution in [0.25, 0.3) is 0 Å².